The molecular weight excluding hydrogens is 456 g/mol. The molecule has 0 spiro atoms. The maximum Gasteiger partial charge on any atom is 0.290 e. The highest BCUT2D eigenvalue weighted by molar-refractivity contribution is 6.07. The van der Waals surface area contributed by atoms with Crippen molar-refractivity contribution in [2.75, 3.05) is 6.54 Å². The number of amides is 3. The van der Waals surface area contributed by atoms with Crippen molar-refractivity contribution in [1.29, 1.82) is 0 Å². The van der Waals surface area contributed by atoms with Crippen LogP contribution in [0.5, 0.6) is 0 Å². The fraction of sp³-hybridized carbons (Fsp3) is 0.214. The van der Waals surface area contributed by atoms with Gasteiger partial charge in [0.1, 0.15) is 6.04 Å². The summed E-state index contributed by atoms with van der Waals surface area (Å²) < 4.78 is 5.23. The Morgan fingerprint density at radius 3 is 2.56 bits per heavy atom. The Bertz CT molecular complexity index is 1410. The Labute approximate surface area is 208 Å². The molecule has 1 aliphatic rings. The molecule has 1 fully saturated rings. The van der Waals surface area contributed by atoms with Crippen LogP contribution in [0.15, 0.2) is 77.4 Å². The second kappa shape index (κ2) is 10.0. The summed E-state index contributed by atoms with van der Waals surface area (Å²) in [6.07, 6.45) is 3.54. The van der Waals surface area contributed by atoms with E-state index in [1.165, 1.54) is 11.2 Å². The zero-order chi connectivity index (χ0) is 25.1. The third-order valence-corrected chi connectivity index (χ3v) is 6.41. The minimum absolute atomic E-state index is 0.186. The number of aromatic nitrogens is 1. The molecule has 1 saturated heterocycles. The van der Waals surface area contributed by atoms with Crippen LogP contribution in [-0.4, -0.2) is 40.2 Å². The molecule has 2 aromatic carbocycles. The Balaban J connectivity index is 1.36. The molecule has 8 nitrogen and oxygen atoms in total. The van der Waals surface area contributed by atoms with Crippen molar-refractivity contribution in [2.24, 2.45) is 0 Å². The summed E-state index contributed by atoms with van der Waals surface area (Å²) in [4.78, 5) is 45.3. The highest BCUT2D eigenvalue weighted by Crippen LogP contribution is 2.25. The van der Waals surface area contributed by atoms with E-state index in [0.717, 1.165) is 24.0 Å². The van der Waals surface area contributed by atoms with Gasteiger partial charge >= 0.3 is 0 Å². The molecule has 0 saturated carbocycles. The molecule has 0 radical (unpaired) electrons. The lowest BCUT2D eigenvalue weighted by Crippen LogP contribution is -2.55. The molecule has 5 rings (SSSR count). The summed E-state index contributed by atoms with van der Waals surface area (Å²) in [5.74, 6) is -1.06. The molecule has 1 atom stereocenters. The van der Waals surface area contributed by atoms with E-state index in [4.69, 9.17) is 9.40 Å². The number of carbonyl (C=O) groups excluding carboxylic acids is 3. The van der Waals surface area contributed by atoms with E-state index >= 15 is 0 Å². The second-order valence-electron chi connectivity index (χ2n) is 8.87. The number of hydrogen-bond donors (Lipinski definition) is 2. The van der Waals surface area contributed by atoms with Gasteiger partial charge in [-0.2, -0.15) is 0 Å². The molecule has 4 aromatic rings. The topological polar surface area (TPSA) is 105 Å². The fourth-order valence-corrected chi connectivity index (χ4v) is 4.49. The number of piperidine rings is 1. The van der Waals surface area contributed by atoms with E-state index in [1.54, 1.807) is 18.2 Å². The van der Waals surface area contributed by atoms with Crippen LogP contribution in [0, 0.1) is 6.92 Å². The van der Waals surface area contributed by atoms with E-state index in [9.17, 15) is 14.4 Å². The van der Waals surface area contributed by atoms with E-state index < -0.39 is 17.9 Å². The smallest absolute Gasteiger partial charge is 0.290 e. The van der Waals surface area contributed by atoms with Gasteiger partial charge in [-0.3, -0.25) is 25.2 Å². The number of likely N-dealkylation sites (tertiary alicyclic amines) is 1. The Hall–Kier alpha value is -4.46. The van der Waals surface area contributed by atoms with Gasteiger partial charge in [0.15, 0.2) is 5.76 Å². The van der Waals surface area contributed by atoms with Gasteiger partial charge in [-0.1, -0.05) is 48.0 Å². The molecule has 0 aliphatic carbocycles. The van der Waals surface area contributed by atoms with Crippen LogP contribution < -0.4 is 10.9 Å². The molecular formula is C28H26N4O4. The van der Waals surface area contributed by atoms with Crippen LogP contribution in [0.25, 0.3) is 22.2 Å². The van der Waals surface area contributed by atoms with Gasteiger partial charge in [0.05, 0.1) is 23.0 Å². The van der Waals surface area contributed by atoms with Gasteiger partial charge in [0, 0.05) is 17.5 Å². The van der Waals surface area contributed by atoms with Gasteiger partial charge in [0.25, 0.3) is 17.7 Å². The van der Waals surface area contributed by atoms with Crippen molar-refractivity contribution in [3.05, 3.63) is 89.9 Å². The van der Waals surface area contributed by atoms with E-state index in [1.807, 2.05) is 55.5 Å². The number of rotatable bonds is 4. The van der Waals surface area contributed by atoms with Crippen LogP contribution >= 0.6 is 0 Å². The van der Waals surface area contributed by atoms with Gasteiger partial charge in [-0.15, -0.1) is 0 Å². The monoisotopic (exact) mass is 482 g/mol. The number of para-hydroxylation sites is 1. The zero-order valence-electron chi connectivity index (χ0n) is 19.9. The Kier molecular flexibility index (Phi) is 6.49. The maximum absolute atomic E-state index is 13.2. The predicted octanol–water partition coefficient (Wildman–Crippen LogP) is 4.26. The maximum atomic E-state index is 13.2. The normalized spacial score (nSPS) is 15.5. The predicted molar refractivity (Wildman–Crippen MR) is 135 cm³/mol. The van der Waals surface area contributed by atoms with Gasteiger partial charge in [0.2, 0.25) is 0 Å². The van der Waals surface area contributed by atoms with E-state index in [2.05, 4.69) is 10.9 Å². The lowest BCUT2D eigenvalue weighted by atomic mass is 10.0. The second-order valence-corrected chi connectivity index (χ2v) is 8.87. The molecule has 3 heterocycles. The number of benzene rings is 2. The van der Waals surface area contributed by atoms with Gasteiger partial charge < -0.3 is 9.32 Å². The Morgan fingerprint density at radius 2 is 1.78 bits per heavy atom. The molecule has 182 valence electrons. The number of fused-ring (bicyclic) bond motifs is 1. The van der Waals surface area contributed by atoms with Gasteiger partial charge in [-0.25, -0.2) is 4.98 Å². The van der Waals surface area contributed by atoms with Crippen molar-refractivity contribution in [3.63, 3.8) is 0 Å². The molecule has 2 N–H and O–H groups in total. The molecule has 0 bridgehead atoms. The number of furan rings is 1. The zero-order valence-corrected chi connectivity index (χ0v) is 19.9. The van der Waals surface area contributed by atoms with Crippen LogP contribution in [0.4, 0.5) is 0 Å². The summed E-state index contributed by atoms with van der Waals surface area (Å²) in [7, 11) is 0. The van der Waals surface area contributed by atoms with Crippen LogP contribution in [0.2, 0.25) is 0 Å². The average Bonchev–Trinajstić information content (AvgIpc) is 3.46. The first kappa shape index (κ1) is 23.3. The first-order valence-electron chi connectivity index (χ1n) is 11.9. The van der Waals surface area contributed by atoms with Crippen molar-refractivity contribution in [3.8, 4) is 11.3 Å². The first-order valence-corrected chi connectivity index (χ1v) is 11.9. The SMILES string of the molecule is Cc1ccc(-c2cc(C(=O)NNC(=O)C3CCCCN3C(=O)c3ccco3)c3ccccc3n2)cc1. The van der Waals surface area contributed by atoms with Crippen molar-refractivity contribution in [1.82, 2.24) is 20.7 Å². The number of aryl methyl sites for hydroxylation is 1. The number of hydrogen-bond acceptors (Lipinski definition) is 5. The molecule has 3 amide bonds. The summed E-state index contributed by atoms with van der Waals surface area (Å²) in [5.41, 5.74) is 8.81. The van der Waals surface area contributed by atoms with E-state index in [0.29, 0.717) is 35.1 Å². The van der Waals surface area contributed by atoms with Gasteiger partial charge in [-0.05, 0) is 50.5 Å². The summed E-state index contributed by atoms with van der Waals surface area (Å²) in [6, 6.07) is 19.5. The minimum Gasteiger partial charge on any atom is -0.459 e. The number of pyridine rings is 1. The summed E-state index contributed by atoms with van der Waals surface area (Å²) in [6.45, 7) is 2.45. The van der Waals surface area contributed by atoms with Crippen LogP contribution in [0.3, 0.4) is 0 Å². The molecule has 1 unspecified atom stereocenters. The Morgan fingerprint density at radius 1 is 0.972 bits per heavy atom. The van der Waals surface area contributed by atoms with Crippen LogP contribution in [-0.2, 0) is 4.79 Å². The quantitative estimate of drug-likeness (QED) is 0.423. The van der Waals surface area contributed by atoms with Crippen molar-refractivity contribution in [2.45, 2.75) is 32.2 Å². The minimum atomic E-state index is -0.700. The number of hydrazine groups is 1. The fourth-order valence-electron chi connectivity index (χ4n) is 4.49. The highest BCUT2D eigenvalue weighted by Gasteiger charge is 2.34. The molecule has 1 aliphatic heterocycles. The summed E-state index contributed by atoms with van der Waals surface area (Å²) in [5, 5.41) is 0.674. The molecule has 2 aromatic heterocycles. The standard InChI is InChI=1S/C28H26N4O4/c1-18-11-13-19(14-12-18)23-17-21(20-7-2-3-8-22(20)29-23)26(33)30-31-27(34)24-9-4-5-15-32(24)28(35)25-10-6-16-36-25/h2-3,6-8,10-14,16-17,24H,4-5,9,15H2,1H3,(H,30,33)(H,31,34). The summed E-state index contributed by atoms with van der Waals surface area (Å²) >= 11 is 0. The lowest BCUT2D eigenvalue weighted by molar-refractivity contribution is -0.127. The number of nitrogens with one attached hydrogen (secondary N) is 2. The largest absolute Gasteiger partial charge is 0.459 e. The number of carbonyl (C=O) groups is 3. The van der Waals surface area contributed by atoms with Crippen LogP contribution in [0.1, 0.15) is 45.7 Å². The van der Waals surface area contributed by atoms with E-state index in [-0.39, 0.29) is 11.7 Å². The van der Waals surface area contributed by atoms with Crippen molar-refractivity contribution >= 4 is 28.6 Å². The molecule has 36 heavy (non-hydrogen) atoms. The lowest BCUT2D eigenvalue weighted by Gasteiger charge is -2.34. The molecule has 8 heteroatoms. The number of nitrogens with zero attached hydrogens (tertiary/aromatic N) is 2. The first-order chi connectivity index (χ1) is 17.5. The average molecular weight is 483 g/mol. The highest BCUT2D eigenvalue weighted by atomic mass is 16.3. The van der Waals surface area contributed by atoms with Crippen molar-refractivity contribution < 1.29 is 18.8 Å². The third-order valence-electron chi connectivity index (χ3n) is 6.41. The third kappa shape index (κ3) is 4.70.